The number of amides is 1. The Morgan fingerprint density at radius 2 is 1.83 bits per heavy atom. The summed E-state index contributed by atoms with van der Waals surface area (Å²) in [4.78, 5) is 25.6. The van der Waals surface area contributed by atoms with Crippen molar-refractivity contribution in [2.24, 2.45) is 0 Å². The van der Waals surface area contributed by atoms with Gasteiger partial charge in [0, 0.05) is 41.9 Å². The Bertz CT molecular complexity index is 645. The molecule has 2 aliphatic heterocycles. The fourth-order valence-electron chi connectivity index (χ4n) is 4.53. The summed E-state index contributed by atoms with van der Waals surface area (Å²) in [7, 11) is 0. The van der Waals surface area contributed by atoms with E-state index in [9.17, 15) is 14.9 Å². The molecule has 6 heteroatoms. The first kappa shape index (κ1) is 15.6. The van der Waals surface area contributed by atoms with E-state index in [1.807, 2.05) is 0 Å². The van der Waals surface area contributed by atoms with E-state index in [0.29, 0.717) is 17.6 Å². The monoisotopic (exact) mass is 329 g/mol. The maximum absolute atomic E-state index is 12.5. The largest absolute Gasteiger partial charge is 0.349 e. The van der Waals surface area contributed by atoms with Crippen LogP contribution >= 0.6 is 0 Å². The topological polar surface area (TPSA) is 75.5 Å². The number of nitro benzene ring substituents is 1. The number of fused-ring (bicyclic) bond motifs is 2. The molecule has 1 N–H and O–H groups in total. The first-order valence-electron chi connectivity index (χ1n) is 8.94. The number of benzene rings is 1. The van der Waals surface area contributed by atoms with Gasteiger partial charge in [-0.3, -0.25) is 19.8 Å². The zero-order valence-electron chi connectivity index (χ0n) is 13.7. The minimum absolute atomic E-state index is 0.0388. The lowest BCUT2D eigenvalue weighted by Gasteiger charge is -2.49. The molecule has 6 nitrogen and oxygen atoms in total. The molecule has 0 radical (unpaired) electrons. The lowest BCUT2D eigenvalue weighted by molar-refractivity contribution is -0.384. The Kier molecular flexibility index (Phi) is 4.00. The predicted octanol–water partition coefficient (Wildman–Crippen LogP) is 2.87. The molecule has 1 amide bonds. The summed E-state index contributed by atoms with van der Waals surface area (Å²) in [6.45, 7) is 0. The number of nitro groups is 1. The van der Waals surface area contributed by atoms with E-state index in [4.69, 9.17) is 0 Å². The molecule has 2 heterocycles. The van der Waals surface area contributed by atoms with Gasteiger partial charge in [0.2, 0.25) is 0 Å². The van der Waals surface area contributed by atoms with Gasteiger partial charge in [0.05, 0.1) is 4.92 Å². The average Bonchev–Trinajstić information content (AvgIpc) is 3.39. The molecule has 2 saturated heterocycles. The van der Waals surface area contributed by atoms with Crippen molar-refractivity contribution in [3.05, 3.63) is 39.9 Å². The molecule has 3 aliphatic rings. The number of non-ortho nitro benzene ring substituents is 1. The van der Waals surface area contributed by atoms with E-state index < -0.39 is 4.92 Å². The second-order valence-corrected chi connectivity index (χ2v) is 7.37. The van der Waals surface area contributed by atoms with Crippen LogP contribution in [0.5, 0.6) is 0 Å². The van der Waals surface area contributed by atoms with Crippen molar-refractivity contribution in [3.8, 4) is 0 Å². The van der Waals surface area contributed by atoms with Gasteiger partial charge in [-0.05, 0) is 44.6 Å². The van der Waals surface area contributed by atoms with E-state index in [0.717, 1.165) is 18.9 Å². The van der Waals surface area contributed by atoms with Crippen molar-refractivity contribution in [2.45, 2.75) is 69.1 Å². The SMILES string of the molecule is O=C(NC1C[C@@H]2CCC[C@@H](C1)N2C1CC1)c1cccc([N+](=O)[O-])c1. The van der Waals surface area contributed by atoms with Gasteiger partial charge in [0.1, 0.15) is 0 Å². The van der Waals surface area contributed by atoms with Gasteiger partial charge in [-0.1, -0.05) is 12.5 Å². The average molecular weight is 329 g/mol. The first-order valence-corrected chi connectivity index (χ1v) is 8.94. The maximum atomic E-state index is 12.5. The smallest absolute Gasteiger partial charge is 0.270 e. The highest BCUT2D eigenvalue weighted by molar-refractivity contribution is 5.95. The molecule has 1 aromatic carbocycles. The molecule has 24 heavy (non-hydrogen) atoms. The lowest BCUT2D eigenvalue weighted by atomic mass is 9.81. The Morgan fingerprint density at radius 3 is 2.46 bits per heavy atom. The molecule has 1 saturated carbocycles. The first-order chi connectivity index (χ1) is 11.6. The van der Waals surface area contributed by atoms with Crippen LogP contribution in [0, 0.1) is 10.1 Å². The van der Waals surface area contributed by atoms with Crippen LogP contribution in [0.4, 0.5) is 5.69 Å². The van der Waals surface area contributed by atoms with Gasteiger partial charge in [-0.2, -0.15) is 0 Å². The van der Waals surface area contributed by atoms with Crippen LogP contribution in [-0.4, -0.2) is 39.9 Å². The third-order valence-corrected chi connectivity index (χ3v) is 5.65. The summed E-state index contributed by atoms with van der Waals surface area (Å²) in [5.41, 5.74) is 0.335. The molecule has 1 aromatic rings. The van der Waals surface area contributed by atoms with E-state index in [2.05, 4.69) is 10.2 Å². The van der Waals surface area contributed by atoms with Crippen molar-refractivity contribution in [1.82, 2.24) is 10.2 Å². The molecule has 4 rings (SSSR count). The number of nitrogens with zero attached hydrogens (tertiary/aromatic N) is 2. The molecule has 0 aromatic heterocycles. The Hall–Kier alpha value is -1.95. The summed E-state index contributed by atoms with van der Waals surface area (Å²) in [5, 5.41) is 14.0. The number of rotatable bonds is 4. The quantitative estimate of drug-likeness (QED) is 0.681. The van der Waals surface area contributed by atoms with Gasteiger partial charge < -0.3 is 5.32 Å². The number of piperidine rings is 2. The van der Waals surface area contributed by atoms with Gasteiger partial charge in [0.15, 0.2) is 0 Å². The fourth-order valence-corrected chi connectivity index (χ4v) is 4.53. The molecule has 2 atom stereocenters. The summed E-state index contributed by atoms with van der Waals surface area (Å²) >= 11 is 0. The summed E-state index contributed by atoms with van der Waals surface area (Å²) in [6.07, 6.45) is 8.44. The van der Waals surface area contributed by atoms with Crippen LogP contribution in [0.1, 0.15) is 55.3 Å². The molecule has 128 valence electrons. The highest BCUT2D eigenvalue weighted by Gasteiger charge is 2.45. The second-order valence-electron chi connectivity index (χ2n) is 7.37. The zero-order valence-corrected chi connectivity index (χ0v) is 13.7. The van der Waals surface area contributed by atoms with Crippen molar-refractivity contribution in [2.75, 3.05) is 0 Å². The van der Waals surface area contributed by atoms with Crippen LogP contribution < -0.4 is 5.32 Å². The number of nitrogens with one attached hydrogen (secondary N) is 1. The van der Waals surface area contributed by atoms with Crippen molar-refractivity contribution in [3.63, 3.8) is 0 Å². The molecular weight excluding hydrogens is 306 g/mol. The zero-order chi connectivity index (χ0) is 16.7. The molecule has 1 aliphatic carbocycles. The van der Waals surface area contributed by atoms with Crippen molar-refractivity contribution in [1.29, 1.82) is 0 Å². The molecule has 3 fully saturated rings. The van der Waals surface area contributed by atoms with E-state index in [1.54, 1.807) is 12.1 Å². The van der Waals surface area contributed by atoms with Crippen LogP contribution in [0.25, 0.3) is 0 Å². The van der Waals surface area contributed by atoms with Crippen LogP contribution in [-0.2, 0) is 0 Å². The van der Waals surface area contributed by atoms with Gasteiger partial charge in [0.25, 0.3) is 11.6 Å². The number of hydrogen-bond acceptors (Lipinski definition) is 4. The van der Waals surface area contributed by atoms with E-state index in [-0.39, 0.29) is 17.6 Å². The highest BCUT2D eigenvalue weighted by Crippen LogP contribution is 2.41. The maximum Gasteiger partial charge on any atom is 0.270 e. The minimum atomic E-state index is -0.463. The fraction of sp³-hybridized carbons (Fsp3) is 0.611. The molecule has 2 bridgehead atoms. The Morgan fingerprint density at radius 1 is 1.12 bits per heavy atom. The van der Waals surface area contributed by atoms with Gasteiger partial charge in [-0.25, -0.2) is 0 Å². The van der Waals surface area contributed by atoms with Crippen LogP contribution in [0.15, 0.2) is 24.3 Å². The summed E-state index contributed by atoms with van der Waals surface area (Å²) < 4.78 is 0. The van der Waals surface area contributed by atoms with Crippen molar-refractivity contribution < 1.29 is 9.72 Å². The highest BCUT2D eigenvalue weighted by atomic mass is 16.6. The Labute approximate surface area is 141 Å². The summed E-state index contributed by atoms with van der Waals surface area (Å²) in [5.74, 6) is -0.193. The van der Waals surface area contributed by atoms with Crippen LogP contribution in [0.2, 0.25) is 0 Å². The lowest BCUT2D eigenvalue weighted by Crippen LogP contribution is -2.57. The van der Waals surface area contributed by atoms with Gasteiger partial charge >= 0.3 is 0 Å². The molecule has 0 unspecified atom stereocenters. The van der Waals surface area contributed by atoms with Gasteiger partial charge in [-0.15, -0.1) is 0 Å². The van der Waals surface area contributed by atoms with Crippen LogP contribution in [0.3, 0.4) is 0 Å². The third-order valence-electron chi connectivity index (χ3n) is 5.65. The minimum Gasteiger partial charge on any atom is -0.349 e. The third kappa shape index (κ3) is 3.02. The normalized spacial score (nSPS) is 29.9. The number of hydrogen-bond donors (Lipinski definition) is 1. The van der Waals surface area contributed by atoms with Crippen molar-refractivity contribution >= 4 is 11.6 Å². The predicted molar refractivity (Wildman–Crippen MR) is 89.9 cm³/mol. The number of carbonyl (C=O) groups excluding carboxylic acids is 1. The van der Waals surface area contributed by atoms with E-state index in [1.165, 1.54) is 44.2 Å². The number of carbonyl (C=O) groups is 1. The second kappa shape index (κ2) is 6.16. The summed E-state index contributed by atoms with van der Waals surface area (Å²) in [6, 6.07) is 8.14. The molecular formula is C18H23N3O3. The standard InChI is InChI=1S/C18H23N3O3/c22-18(12-3-1-6-17(9-12)21(23)24)19-13-10-15-4-2-5-16(11-13)20(15)14-7-8-14/h1,3,6,9,13-16H,2,4-5,7-8,10-11H2,(H,19,22)/t15-,16-/m0/s1. The molecule has 0 spiro atoms. The van der Waals surface area contributed by atoms with E-state index >= 15 is 0 Å². The Balaban J connectivity index is 1.43.